The number of ether oxygens (including phenoxy) is 1. The van der Waals surface area contributed by atoms with E-state index in [2.05, 4.69) is 10.3 Å². The van der Waals surface area contributed by atoms with Gasteiger partial charge in [0.25, 0.3) is 0 Å². The van der Waals surface area contributed by atoms with E-state index in [4.69, 9.17) is 9.84 Å². The Balaban J connectivity index is 2.51. The molecule has 0 aliphatic carbocycles. The first-order valence-electron chi connectivity index (χ1n) is 6.26. The lowest BCUT2D eigenvalue weighted by Crippen LogP contribution is -2.12. The van der Waals surface area contributed by atoms with Crippen LogP contribution in [-0.4, -0.2) is 35.8 Å². The van der Waals surface area contributed by atoms with Gasteiger partial charge >= 0.3 is 5.97 Å². The molecule has 0 fully saturated rings. The summed E-state index contributed by atoms with van der Waals surface area (Å²) >= 11 is 0. The number of nitrogens with zero attached hydrogens (tertiary/aromatic N) is 1. The van der Waals surface area contributed by atoms with Crippen molar-refractivity contribution in [1.29, 1.82) is 0 Å². The van der Waals surface area contributed by atoms with E-state index in [1.165, 1.54) is 0 Å². The number of nitrogens with one attached hydrogen (secondary N) is 1. The maximum Gasteiger partial charge on any atom is 0.341 e. The molecule has 5 nitrogen and oxygen atoms in total. The fourth-order valence-corrected chi connectivity index (χ4v) is 1.54. The molecule has 1 aromatic heterocycles. The largest absolute Gasteiger partial charge is 0.462 e. The van der Waals surface area contributed by atoms with Crippen LogP contribution in [-0.2, 0) is 4.74 Å². The average Bonchev–Trinajstić information content (AvgIpc) is 2.39. The Morgan fingerprint density at radius 3 is 3.00 bits per heavy atom. The first-order chi connectivity index (χ1) is 8.79. The molecular formula is C13H20N2O3. The maximum absolute atomic E-state index is 11.7. The number of rotatable bonds is 8. The van der Waals surface area contributed by atoms with E-state index in [0.29, 0.717) is 18.0 Å². The maximum atomic E-state index is 11.7. The molecule has 0 saturated heterocycles. The van der Waals surface area contributed by atoms with Gasteiger partial charge in [-0.2, -0.15) is 0 Å². The summed E-state index contributed by atoms with van der Waals surface area (Å²) in [5.41, 5.74) is 0.460. The number of esters is 1. The van der Waals surface area contributed by atoms with Crippen molar-refractivity contribution in [3.05, 3.63) is 23.9 Å². The van der Waals surface area contributed by atoms with Gasteiger partial charge in [-0.1, -0.05) is 0 Å². The molecule has 1 aromatic rings. The average molecular weight is 252 g/mol. The van der Waals surface area contributed by atoms with Crippen molar-refractivity contribution in [2.24, 2.45) is 0 Å². The normalized spacial score (nSPS) is 10.1. The second-order valence-corrected chi connectivity index (χ2v) is 3.83. The zero-order valence-electron chi connectivity index (χ0n) is 10.7. The molecule has 0 aliphatic rings. The molecule has 1 rings (SSSR count). The number of aromatic nitrogens is 1. The van der Waals surface area contributed by atoms with Crippen molar-refractivity contribution >= 4 is 11.8 Å². The van der Waals surface area contributed by atoms with Crippen LogP contribution in [0.4, 0.5) is 5.82 Å². The number of anilines is 1. The van der Waals surface area contributed by atoms with Crippen molar-refractivity contribution in [2.45, 2.75) is 26.2 Å². The topological polar surface area (TPSA) is 71.5 Å². The minimum Gasteiger partial charge on any atom is -0.462 e. The number of unbranched alkanes of at least 4 members (excludes halogenated alkanes) is 2. The van der Waals surface area contributed by atoms with Crippen LogP contribution in [0.1, 0.15) is 36.5 Å². The van der Waals surface area contributed by atoms with Crippen molar-refractivity contribution in [3.63, 3.8) is 0 Å². The van der Waals surface area contributed by atoms with Gasteiger partial charge in [0, 0.05) is 19.3 Å². The third-order valence-corrected chi connectivity index (χ3v) is 2.43. The smallest absolute Gasteiger partial charge is 0.341 e. The second kappa shape index (κ2) is 8.47. The van der Waals surface area contributed by atoms with Gasteiger partial charge in [-0.25, -0.2) is 9.78 Å². The van der Waals surface area contributed by atoms with Gasteiger partial charge in [0.2, 0.25) is 0 Å². The zero-order chi connectivity index (χ0) is 13.2. The van der Waals surface area contributed by atoms with Crippen molar-refractivity contribution < 1.29 is 14.6 Å². The molecule has 0 bridgehead atoms. The number of aliphatic hydroxyl groups is 1. The molecule has 0 spiro atoms. The highest BCUT2D eigenvalue weighted by atomic mass is 16.5. The lowest BCUT2D eigenvalue weighted by molar-refractivity contribution is 0.0527. The van der Waals surface area contributed by atoms with Crippen LogP contribution in [0.5, 0.6) is 0 Å². The van der Waals surface area contributed by atoms with E-state index in [9.17, 15) is 4.79 Å². The Morgan fingerprint density at radius 1 is 1.44 bits per heavy atom. The van der Waals surface area contributed by atoms with E-state index < -0.39 is 0 Å². The highest BCUT2D eigenvalue weighted by Gasteiger charge is 2.12. The van der Waals surface area contributed by atoms with Crippen LogP contribution in [0.25, 0.3) is 0 Å². The Bertz CT molecular complexity index is 369. The molecule has 0 unspecified atom stereocenters. The number of hydrogen-bond donors (Lipinski definition) is 2. The molecule has 18 heavy (non-hydrogen) atoms. The Morgan fingerprint density at radius 2 is 2.28 bits per heavy atom. The van der Waals surface area contributed by atoms with Gasteiger partial charge in [-0.3, -0.25) is 0 Å². The molecule has 1 heterocycles. The first kappa shape index (κ1) is 14.4. The molecule has 0 amide bonds. The summed E-state index contributed by atoms with van der Waals surface area (Å²) in [6.07, 6.45) is 4.32. The quantitative estimate of drug-likeness (QED) is 0.545. The molecule has 5 heteroatoms. The zero-order valence-corrected chi connectivity index (χ0v) is 10.7. The number of carbonyl (C=O) groups is 1. The lowest BCUT2D eigenvalue weighted by atomic mass is 10.2. The van der Waals surface area contributed by atoms with Crippen LogP contribution in [0, 0.1) is 0 Å². The van der Waals surface area contributed by atoms with E-state index in [1.54, 1.807) is 25.3 Å². The molecule has 0 radical (unpaired) electrons. The molecule has 0 atom stereocenters. The fraction of sp³-hybridized carbons (Fsp3) is 0.538. The third-order valence-electron chi connectivity index (χ3n) is 2.43. The summed E-state index contributed by atoms with van der Waals surface area (Å²) < 4.78 is 4.96. The SMILES string of the molecule is CCOC(=O)c1cccnc1NCCCCCO. The highest BCUT2D eigenvalue weighted by Crippen LogP contribution is 2.13. The first-order valence-corrected chi connectivity index (χ1v) is 6.26. The summed E-state index contributed by atoms with van der Waals surface area (Å²) in [5, 5.41) is 11.8. The summed E-state index contributed by atoms with van der Waals surface area (Å²) in [6.45, 7) is 3.07. The number of carbonyl (C=O) groups excluding carboxylic acids is 1. The van der Waals surface area contributed by atoms with Gasteiger partial charge in [-0.05, 0) is 38.3 Å². The van der Waals surface area contributed by atoms with Crippen LogP contribution in [0.2, 0.25) is 0 Å². The summed E-state index contributed by atoms with van der Waals surface area (Å²) in [6, 6.07) is 3.41. The van der Waals surface area contributed by atoms with Crippen molar-refractivity contribution in [1.82, 2.24) is 4.98 Å². The molecular weight excluding hydrogens is 232 g/mol. The Hall–Kier alpha value is -1.62. The van der Waals surface area contributed by atoms with E-state index in [0.717, 1.165) is 25.8 Å². The van der Waals surface area contributed by atoms with E-state index in [-0.39, 0.29) is 12.6 Å². The second-order valence-electron chi connectivity index (χ2n) is 3.83. The van der Waals surface area contributed by atoms with Crippen molar-refractivity contribution in [2.75, 3.05) is 25.1 Å². The molecule has 2 N–H and O–H groups in total. The van der Waals surface area contributed by atoms with Gasteiger partial charge in [-0.15, -0.1) is 0 Å². The standard InChI is InChI=1S/C13H20N2O3/c1-2-18-13(17)11-7-6-9-15-12(11)14-8-4-3-5-10-16/h6-7,9,16H,2-5,8,10H2,1H3,(H,14,15). The van der Waals surface area contributed by atoms with Gasteiger partial charge < -0.3 is 15.2 Å². The predicted octanol–water partition coefficient (Wildman–Crippen LogP) is 1.83. The van der Waals surface area contributed by atoms with E-state index >= 15 is 0 Å². The fourth-order valence-electron chi connectivity index (χ4n) is 1.54. The van der Waals surface area contributed by atoms with Crippen molar-refractivity contribution in [3.8, 4) is 0 Å². The van der Waals surface area contributed by atoms with Gasteiger partial charge in [0.1, 0.15) is 11.4 Å². The monoisotopic (exact) mass is 252 g/mol. The molecule has 0 aromatic carbocycles. The Labute approximate surface area is 107 Å². The summed E-state index contributed by atoms with van der Waals surface area (Å²) in [5.74, 6) is 0.198. The molecule has 100 valence electrons. The lowest BCUT2D eigenvalue weighted by Gasteiger charge is -2.09. The number of aliphatic hydroxyl groups excluding tert-OH is 1. The Kier molecular flexibility index (Phi) is 6.79. The molecule has 0 aliphatic heterocycles. The van der Waals surface area contributed by atoms with Crippen LogP contribution < -0.4 is 5.32 Å². The summed E-state index contributed by atoms with van der Waals surface area (Å²) in [4.78, 5) is 15.8. The van der Waals surface area contributed by atoms with Gasteiger partial charge in [0.05, 0.1) is 6.61 Å². The van der Waals surface area contributed by atoms with Crippen LogP contribution in [0.15, 0.2) is 18.3 Å². The molecule has 0 saturated carbocycles. The minimum atomic E-state index is -0.358. The van der Waals surface area contributed by atoms with E-state index in [1.807, 2.05) is 0 Å². The third kappa shape index (κ3) is 4.71. The highest BCUT2D eigenvalue weighted by molar-refractivity contribution is 5.94. The van der Waals surface area contributed by atoms with Gasteiger partial charge in [0.15, 0.2) is 0 Å². The summed E-state index contributed by atoms with van der Waals surface area (Å²) in [7, 11) is 0. The predicted molar refractivity (Wildman–Crippen MR) is 69.6 cm³/mol. The number of pyridine rings is 1. The minimum absolute atomic E-state index is 0.220. The van der Waals surface area contributed by atoms with Crippen LogP contribution >= 0.6 is 0 Å². The number of hydrogen-bond acceptors (Lipinski definition) is 5. The van der Waals surface area contributed by atoms with Crippen LogP contribution in [0.3, 0.4) is 0 Å².